The number of ether oxygens (including phenoxy) is 2. The van der Waals surface area contributed by atoms with Gasteiger partial charge in [0.15, 0.2) is 5.82 Å². The molecule has 9 heteroatoms. The highest BCUT2D eigenvalue weighted by Crippen LogP contribution is 2.43. The molecular weight excluding hydrogens is 356 g/mol. The Morgan fingerprint density at radius 3 is 2.74 bits per heavy atom. The van der Waals surface area contributed by atoms with Crippen molar-refractivity contribution >= 4 is 11.6 Å². The summed E-state index contributed by atoms with van der Waals surface area (Å²) in [7, 11) is 0. The Hall–Kier alpha value is -2.55. The first kappa shape index (κ1) is 16.6. The number of rotatable bonds is 5. The van der Waals surface area contributed by atoms with Crippen LogP contribution in [0.4, 0.5) is 20.4 Å². The minimum atomic E-state index is -3.02. The standard InChI is InChI=1S/C18H19F2N5O2/c19-18(20)27-17-16(21)22-6-14(24-17)13-3-10(9-1-2-9)4-15(23-13)25-7-12-5-11(25)8-26-12/h3-4,6,9,11-12,18H,1-2,5,7-8H2,(H2,21,22)/t11-,12-/m0/s1. The van der Waals surface area contributed by atoms with Crippen molar-refractivity contribution in [2.75, 3.05) is 23.8 Å². The number of aromatic nitrogens is 3. The van der Waals surface area contributed by atoms with Crippen LogP contribution in [0.25, 0.3) is 11.4 Å². The van der Waals surface area contributed by atoms with Gasteiger partial charge in [-0.3, -0.25) is 0 Å². The summed E-state index contributed by atoms with van der Waals surface area (Å²) < 4.78 is 35.2. The molecule has 2 bridgehead atoms. The summed E-state index contributed by atoms with van der Waals surface area (Å²) in [4.78, 5) is 15.1. The summed E-state index contributed by atoms with van der Waals surface area (Å²) in [6.45, 7) is -1.49. The highest BCUT2D eigenvalue weighted by Gasteiger charge is 2.40. The van der Waals surface area contributed by atoms with E-state index in [4.69, 9.17) is 15.5 Å². The van der Waals surface area contributed by atoms with Crippen molar-refractivity contribution in [1.29, 1.82) is 0 Å². The molecule has 0 unspecified atom stereocenters. The van der Waals surface area contributed by atoms with Crippen molar-refractivity contribution in [3.05, 3.63) is 23.9 Å². The molecule has 2 N–H and O–H groups in total. The number of hydrogen-bond acceptors (Lipinski definition) is 7. The van der Waals surface area contributed by atoms with E-state index in [-0.39, 0.29) is 17.8 Å². The van der Waals surface area contributed by atoms with E-state index in [1.807, 2.05) is 6.07 Å². The highest BCUT2D eigenvalue weighted by molar-refractivity contribution is 5.62. The zero-order chi connectivity index (χ0) is 18.5. The largest absolute Gasteiger partial charge is 0.413 e. The van der Waals surface area contributed by atoms with Crippen LogP contribution in [-0.4, -0.2) is 46.9 Å². The quantitative estimate of drug-likeness (QED) is 0.859. The number of fused-ring (bicyclic) bond motifs is 2. The first-order valence-electron chi connectivity index (χ1n) is 9.05. The predicted molar refractivity (Wildman–Crippen MR) is 93.8 cm³/mol. The lowest BCUT2D eigenvalue weighted by molar-refractivity contribution is -0.0524. The highest BCUT2D eigenvalue weighted by atomic mass is 19.3. The fraction of sp³-hybridized carbons (Fsp3) is 0.500. The van der Waals surface area contributed by atoms with Gasteiger partial charge in [-0.25, -0.2) is 15.0 Å². The molecule has 0 amide bonds. The fourth-order valence-electron chi connectivity index (χ4n) is 3.82. The number of alkyl halides is 2. The van der Waals surface area contributed by atoms with Crippen molar-refractivity contribution in [3.8, 4) is 17.3 Å². The van der Waals surface area contributed by atoms with Gasteiger partial charge in [0, 0.05) is 6.54 Å². The lowest BCUT2D eigenvalue weighted by Gasteiger charge is -2.28. The summed E-state index contributed by atoms with van der Waals surface area (Å²) in [6.07, 6.45) is 5.00. The summed E-state index contributed by atoms with van der Waals surface area (Å²) >= 11 is 0. The molecule has 5 rings (SSSR count). The molecule has 2 atom stereocenters. The molecule has 7 nitrogen and oxygen atoms in total. The Balaban J connectivity index is 1.54. The molecular formula is C18H19F2N5O2. The molecule has 1 aliphatic carbocycles. The maximum Gasteiger partial charge on any atom is 0.388 e. The van der Waals surface area contributed by atoms with Crippen LogP contribution in [0.15, 0.2) is 18.3 Å². The molecule has 2 saturated heterocycles. The molecule has 3 aliphatic rings. The summed E-state index contributed by atoms with van der Waals surface area (Å²) in [6, 6.07) is 4.42. The van der Waals surface area contributed by atoms with Gasteiger partial charge in [0.05, 0.1) is 30.6 Å². The second-order valence-corrected chi connectivity index (χ2v) is 7.24. The van der Waals surface area contributed by atoms with Gasteiger partial charge in [0.2, 0.25) is 0 Å². The van der Waals surface area contributed by atoms with E-state index >= 15 is 0 Å². The van der Waals surface area contributed by atoms with E-state index in [9.17, 15) is 8.78 Å². The molecule has 0 radical (unpaired) electrons. The van der Waals surface area contributed by atoms with E-state index in [0.29, 0.717) is 30.0 Å². The summed E-state index contributed by atoms with van der Waals surface area (Å²) in [5.74, 6) is 0.836. The number of nitrogens with zero attached hydrogens (tertiary/aromatic N) is 4. The molecule has 3 fully saturated rings. The molecule has 27 heavy (non-hydrogen) atoms. The van der Waals surface area contributed by atoms with Crippen molar-refractivity contribution in [1.82, 2.24) is 15.0 Å². The number of hydrogen-bond donors (Lipinski definition) is 1. The van der Waals surface area contributed by atoms with Gasteiger partial charge in [-0.1, -0.05) is 0 Å². The normalized spacial score (nSPS) is 24.0. The zero-order valence-electron chi connectivity index (χ0n) is 14.5. The number of pyridine rings is 1. The van der Waals surface area contributed by atoms with Gasteiger partial charge < -0.3 is 20.1 Å². The molecule has 2 aromatic rings. The topological polar surface area (TPSA) is 86.4 Å². The van der Waals surface area contributed by atoms with Gasteiger partial charge in [-0.2, -0.15) is 8.78 Å². The minimum Gasteiger partial charge on any atom is -0.413 e. The number of morpholine rings is 1. The number of anilines is 2. The number of halogens is 2. The maximum absolute atomic E-state index is 12.6. The minimum absolute atomic E-state index is 0.174. The van der Waals surface area contributed by atoms with E-state index in [0.717, 1.165) is 31.6 Å². The van der Waals surface area contributed by atoms with Crippen LogP contribution in [0, 0.1) is 0 Å². The number of nitrogen functional groups attached to an aromatic ring is 1. The van der Waals surface area contributed by atoms with Crippen LogP contribution >= 0.6 is 0 Å². The molecule has 142 valence electrons. The summed E-state index contributed by atoms with van der Waals surface area (Å²) in [5, 5.41) is 0. The van der Waals surface area contributed by atoms with E-state index in [1.54, 1.807) is 0 Å². The molecule has 0 spiro atoms. The van der Waals surface area contributed by atoms with E-state index < -0.39 is 6.61 Å². The van der Waals surface area contributed by atoms with Crippen LogP contribution in [0.1, 0.15) is 30.7 Å². The first-order valence-corrected chi connectivity index (χ1v) is 9.05. The van der Waals surface area contributed by atoms with Crippen molar-refractivity contribution < 1.29 is 18.3 Å². The Morgan fingerprint density at radius 2 is 2.07 bits per heavy atom. The van der Waals surface area contributed by atoms with E-state index in [2.05, 4.69) is 25.7 Å². The van der Waals surface area contributed by atoms with Gasteiger partial charge in [-0.15, -0.1) is 0 Å². The lowest BCUT2D eigenvalue weighted by atomic mass is 10.1. The van der Waals surface area contributed by atoms with Crippen LogP contribution in [0.2, 0.25) is 0 Å². The predicted octanol–water partition coefficient (Wildman–Crippen LogP) is 2.58. The third-order valence-electron chi connectivity index (χ3n) is 5.31. The summed E-state index contributed by atoms with van der Waals surface area (Å²) in [5.41, 5.74) is 7.74. The number of nitrogens with two attached hydrogens (primary N) is 1. The van der Waals surface area contributed by atoms with Crippen molar-refractivity contribution in [2.45, 2.75) is 43.9 Å². The Labute approximate surface area is 154 Å². The molecule has 1 saturated carbocycles. The third-order valence-corrected chi connectivity index (χ3v) is 5.31. The zero-order valence-corrected chi connectivity index (χ0v) is 14.5. The van der Waals surface area contributed by atoms with E-state index in [1.165, 1.54) is 11.8 Å². The second-order valence-electron chi connectivity index (χ2n) is 7.24. The first-order chi connectivity index (χ1) is 13.1. The second kappa shape index (κ2) is 6.26. The SMILES string of the molecule is Nc1ncc(-c2cc(C3CC3)cc(N3C[C@@H]4C[C@H]3CO4)n2)nc1OC(F)F. The third kappa shape index (κ3) is 3.16. The Morgan fingerprint density at radius 1 is 1.22 bits per heavy atom. The molecule has 2 aromatic heterocycles. The van der Waals surface area contributed by atoms with Gasteiger partial charge in [0.1, 0.15) is 11.5 Å². The Kier molecular flexibility index (Phi) is 3.85. The monoisotopic (exact) mass is 375 g/mol. The van der Waals surface area contributed by atoms with Gasteiger partial charge >= 0.3 is 6.61 Å². The van der Waals surface area contributed by atoms with Crippen LogP contribution in [-0.2, 0) is 4.74 Å². The Bertz CT molecular complexity index is 877. The molecule has 0 aromatic carbocycles. The van der Waals surface area contributed by atoms with Crippen molar-refractivity contribution in [3.63, 3.8) is 0 Å². The maximum atomic E-state index is 12.6. The fourth-order valence-corrected chi connectivity index (χ4v) is 3.82. The average molecular weight is 375 g/mol. The van der Waals surface area contributed by atoms with Crippen molar-refractivity contribution in [2.24, 2.45) is 0 Å². The lowest BCUT2D eigenvalue weighted by Crippen LogP contribution is -2.37. The van der Waals surface area contributed by atoms with Crippen LogP contribution < -0.4 is 15.4 Å². The van der Waals surface area contributed by atoms with Crippen LogP contribution in [0.5, 0.6) is 5.88 Å². The van der Waals surface area contributed by atoms with Gasteiger partial charge in [0.25, 0.3) is 5.88 Å². The van der Waals surface area contributed by atoms with Gasteiger partial charge in [-0.05, 0) is 42.9 Å². The average Bonchev–Trinajstić information content (AvgIpc) is 3.29. The smallest absolute Gasteiger partial charge is 0.388 e. The molecule has 2 aliphatic heterocycles. The molecule has 4 heterocycles. The van der Waals surface area contributed by atoms with Crippen LogP contribution in [0.3, 0.4) is 0 Å².